The molecule has 0 aliphatic carbocycles. The topological polar surface area (TPSA) is 71.9 Å². The van der Waals surface area contributed by atoms with Crippen LogP contribution in [0.3, 0.4) is 0 Å². The van der Waals surface area contributed by atoms with E-state index in [9.17, 15) is 14.0 Å². The monoisotopic (exact) mass is 375 g/mol. The third kappa shape index (κ3) is 6.86. The van der Waals surface area contributed by atoms with Gasteiger partial charge < -0.3 is 4.74 Å². The number of aliphatic imine (C=N–C) groups is 1. The lowest BCUT2D eigenvalue weighted by atomic mass is 10.0. The number of Topliss-reactive ketones (excluding diaryl/α,β-unsaturated/α-hetero) is 1. The van der Waals surface area contributed by atoms with Crippen molar-refractivity contribution in [1.29, 1.82) is 0 Å². The van der Waals surface area contributed by atoms with Crippen LogP contribution in [-0.4, -0.2) is 55.5 Å². The second-order valence-electron chi connectivity index (χ2n) is 5.89. The average Bonchev–Trinajstić information content (AvgIpc) is 2.70. The van der Waals surface area contributed by atoms with Gasteiger partial charge in [-0.15, -0.1) is 0 Å². The summed E-state index contributed by atoms with van der Waals surface area (Å²) in [5.74, 6) is 0.260. The van der Waals surface area contributed by atoms with Crippen molar-refractivity contribution < 1.29 is 18.7 Å². The highest BCUT2D eigenvalue weighted by Crippen LogP contribution is 2.22. The number of allylic oxidation sites excluding steroid dienone is 2. The van der Waals surface area contributed by atoms with Crippen LogP contribution in [0.1, 0.15) is 31.9 Å². The molecule has 1 aromatic rings. The van der Waals surface area contributed by atoms with Crippen LogP contribution in [0.2, 0.25) is 0 Å². The van der Waals surface area contributed by atoms with Crippen LogP contribution in [0, 0.1) is 0 Å². The Bertz CT molecular complexity index is 699. The number of halogens is 1. The Morgan fingerprint density at radius 3 is 2.74 bits per heavy atom. The number of aldehydes is 1. The fraction of sp³-hybridized carbons (Fsp3) is 0.400. The second kappa shape index (κ2) is 11.9. The number of ketones is 1. The van der Waals surface area contributed by atoms with E-state index in [1.165, 1.54) is 12.3 Å². The van der Waals surface area contributed by atoms with Gasteiger partial charge in [0, 0.05) is 48.6 Å². The van der Waals surface area contributed by atoms with Crippen LogP contribution < -0.4 is 4.74 Å². The third-order valence-electron chi connectivity index (χ3n) is 4.13. The second-order valence-corrected chi connectivity index (χ2v) is 5.89. The van der Waals surface area contributed by atoms with Crippen molar-refractivity contribution in [2.24, 2.45) is 4.99 Å². The molecule has 1 unspecified atom stereocenters. The number of rotatable bonds is 12. The Labute approximate surface area is 159 Å². The van der Waals surface area contributed by atoms with E-state index in [0.717, 1.165) is 5.56 Å². The molecule has 0 aliphatic rings. The molecule has 1 heterocycles. The molecule has 0 spiro atoms. The predicted octanol–water partition coefficient (Wildman–Crippen LogP) is 3.11. The van der Waals surface area contributed by atoms with Crippen molar-refractivity contribution in [3.8, 4) is 5.88 Å². The van der Waals surface area contributed by atoms with Crippen LogP contribution in [-0.2, 0) is 9.59 Å². The number of nitrogens with zero attached hydrogens (tertiary/aromatic N) is 3. The Morgan fingerprint density at radius 2 is 2.22 bits per heavy atom. The third-order valence-corrected chi connectivity index (χ3v) is 4.13. The summed E-state index contributed by atoms with van der Waals surface area (Å²) in [6, 6.07) is 3.45. The number of likely N-dealkylation sites (N-methyl/N-ethyl adjacent to an activating group) is 1. The SMILES string of the molecule is C=N/C=C\C(C=O)=C(\CN(C)C(C)c1ccc(OCCF)nc1)C(=O)CC. The lowest BCUT2D eigenvalue weighted by Gasteiger charge is -2.26. The molecule has 1 aromatic heterocycles. The summed E-state index contributed by atoms with van der Waals surface area (Å²) < 4.78 is 17.3. The summed E-state index contributed by atoms with van der Waals surface area (Å²) in [7, 11) is 1.86. The Balaban J connectivity index is 3.00. The zero-order chi connectivity index (χ0) is 20.2. The fourth-order valence-electron chi connectivity index (χ4n) is 2.41. The van der Waals surface area contributed by atoms with E-state index in [-0.39, 0.29) is 18.4 Å². The molecular weight excluding hydrogens is 349 g/mol. The van der Waals surface area contributed by atoms with E-state index < -0.39 is 6.67 Å². The van der Waals surface area contributed by atoms with Crippen LogP contribution in [0.5, 0.6) is 5.88 Å². The molecule has 1 rings (SSSR count). The van der Waals surface area contributed by atoms with E-state index in [1.807, 2.05) is 24.9 Å². The Morgan fingerprint density at radius 1 is 1.48 bits per heavy atom. The quantitative estimate of drug-likeness (QED) is 0.243. The molecule has 0 saturated heterocycles. The number of hydrogen-bond donors (Lipinski definition) is 0. The minimum absolute atomic E-state index is 0.0311. The number of hydrogen-bond acceptors (Lipinski definition) is 6. The smallest absolute Gasteiger partial charge is 0.213 e. The van der Waals surface area contributed by atoms with Gasteiger partial charge in [-0.05, 0) is 32.3 Å². The summed E-state index contributed by atoms with van der Waals surface area (Å²) in [5.41, 5.74) is 1.63. The lowest BCUT2D eigenvalue weighted by molar-refractivity contribution is -0.116. The van der Waals surface area contributed by atoms with E-state index in [1.54, 1.807) is 19.2 Å². The first-order chi connectivity index (χ1) is 13.0. The first-order valence-electron chi connectivity index (χ1n) is 8.67. The number of alkyl halides is 1. The molecule has 0 aliphatic heterocycles. The molecule has 0 amide bonds. The van der Waals surface area contributed by atoms with Gasteiger partial charge in [0.2, 0.25) is 5.88 Å². The van der Waals surface area contributed by atoms with Gasteiger partial charge in [0.15, 0.2) is 12.1 Å². The van der Waals surface area contributed by atoms with Gasteiger partial charge >= 0.3 is 0 Å². The first-order valence-corrected chi connectivity index (χ1v) is 8.67. The predicted molar refractivity (Wildman–Crippen MR) is 104 cm³/mol. The van der Waals surface area contributed by atoms with Gasteiger partial charge in [0.05, 0.1) is 0 Å². The Hall–Kier alpha value is -2.67. The first kappa shape index (κ1) is 22.4. The zero-order valence-corrected chi connectivity index (χ0v) is 16.0. The summed E-state index contributed by atoms with van der Waals surface area (Å²) >= 11 is 0. The molecule has 6 nitrogen and oxygen atoms in total. The van der Waals surface area contributed by atoms with Gasteiger partial charge in [-0.2, -0.15) is 0 Å². The van der Waals surface area contributed by atoms with Gasteiger partial charge in [-0.3, -0.25) is 19.5 Å². The minimum atomic E-state index is -0.571. The van der Waals surface area contributed by atoms with E-state index >= 15 is 0 Å². The largest absolute Gasteiger partial charge is 0.475 e. The normalized spacial score (nSPS) is 13.4. The summed E-state index contributed by atoms with van der Waals surface area (Å²) in [5, 5.41) is 0. The number of carbonyl (C=O) groups excluding carboxylic acids is 2. The van der Waals surface area contributed by atoms with E-state index in [4.69, 9.17) is 4.74 Å². The van der Waals surface area contributed by atoms with Crippen molar-refractivity contribution in [1.82, 2.24) is 9.88 Å². The van der Waals surface area contributed by atoms with Crippen LogP contribution in [0.25, 0.3) is 0 Å². The van der Waals surface area contributed by atoms with Gasteiger partial charge in [-0.25, -0.2) is 9.37 Å². The summed E-state index contributed by atoms with van der Waals surface area (Å²) in [6.45, 7) is 6.75. The highest BCUT2D eigenvalue weighted by molar-refractivity contribution is 6.01. The van der Waals surface area contributed by atoms with E-state index in [0.29, 0.717) is 36.3 Å². The maximum absolute atomic E-state index is 12.3. The van der Waals surface area contributed by atoms with Gasteiger partial charge in [-0.1, -0.05) is 13.0 Å². The number of carbonyl (C=O) groups is 2. The molecule has 0 radical (unpaired) electrons. The molecular formula is C20H26FN3O3. The van der Waals surface area contributed by atoms with Crippen molar-refractivity contribution >= 4 is 18.8 Å². The van der Waals surface area contributed by atoms with Crippen molar-refractivity contribution in [2.75, 3.05) is 26.9 Å². The highest BCUT2D eigenvalue weighted by Gasteiger charge is 2.19. The summed E-state index contributed by atoms with van der Waals surface area (Å²) in [6.07, 6.45) is 5.48. The minimum Gasteiger partial charge on any atom is -0.475 e. The van der Waals surface area contributed by atoms with Gasteiger partial charge in [0.1, 0.15) is 13.3 Å². The molecule has 27 heavy (non-hydrogen) atoms. The highest BCUT2D eigenvalue weighted by atomic mass is 19.1. The molecule has 0 fully saturated rings. The fourth-order valence-corrected chi connectivity index (χ4v) is 2.41. The van der Waals surface area contributed by atoms with Gasteiger partial charge in [0.25, 0.3) is 0 Å². The Kier molecular flexibility index (Phi) is 9.82. The molecule has 1 atom stereocenters. The number of pyridine rings is 1. The lowest BCUT2D eigenvalue weighted by Crippen LogP contribution is -2.28. The number of aromatic nitrogens is 1. The molecule has 0 N–H and O–H groups in total. The van der Waals surface area contributed by atoms with Crippen LogP contribution in [0.15, 0.2) is 46.7 Å². The maximum atomic E-state index is 12.3. The van der Waals surface area contributed by atoms with Crippen molar-refractivity contribution in [3.05, 3.63) is 47.3 Å². The number of ether oxygens (including phenoxy) is 1. The summed E-state index contributed by atoms with van der Waals surface area (Å²) in [4.78, 5) is 33.5. The van der Waals surface area contributed by atoms with Crippen molar-refractivity contribution in [3.63, 3.8) is 0 Å². The average molecular weight is 375 g/mol. The zero-order valence-electron chi connectivity index (χ0n) is 16.0. The molecule has 0 aromatic carbocycles. The molecule has 0 saturated carbocycles. The molecule has 146 valence electrons. The standard InChI is InChI=1S/C20H26FN3O3/c1-5-19(26)18(17(14-25)8-10-22-3)13-24(4)15(2)16-6-7-20(23-12-16)27-11-9-21/h6-8,10,12,14-15H,3,5,9,11,13H2,1-2,4H3/b10-8-,18-17+. The maximum Gasteiger partial charge on any atom is 0.213 e. The molecule has 7 heteroatoms. The van der Waals surface area contributed by atoms with Crippen LogP contribution >= 0.6 is 0 Å². The molecule has 0 bridgehead atoms. The van der Waals surface area contributed by atoms with E-state index in [2.05, 4.69) is 16.7 Å². The van der Waals surface area contributed by atoms with Crippen LogP contribution in [0.4, 0.5) is 4.39 Å². The van der Waals surface area contributed by atoms with Crippen molar-refractivity contribution in [2.45, 2.75) is 26.3 Å².